The predicted molar refractivity (Wildman–Crippen MR) is 142 cm³/mol. The maximum atomic E-state index is 15.1. The fourth-order valence-electron chi connectivity index (χ4n) is 7.87. The number of nitrogens with one attached hydrogen (secondary N) is 1. The first-order chi connectivity index (χ1) is 19.1. The molecular weight excluding hydrogens is 515 g/mol. The monoisotopic (exact) mass is 544 g/mol. The minimum atomic E-state index is -1.94. The first-order valence-corrected chi connectivity index (χ1v) is 14.0. The number of nitrogens with zero attached hydrogens (tertiary/aromatic N) is 2. The third-order valence-corrected chi connectivity index (χ3v) is 10.5. The number of amides is 1. The highest BCUT2D eigenvalue weighted by Crippen LogP contribution is 2.63. The van der Waals surface area contributed by atoms with E-state index in [1.54, 1.807) is 24.5 Å². The van der Waals surface area contributed by atoms with E-state index in [0.29, 0.717) is 41.2 Å². The van der Waals surface area contributed by atoms with Gasteiger partial charge in [-0.1, -0.05) is 6.92 Å². The van der Waals surface area contributed by atoms with E-state index in [1.165, 1.54) is 6.07 Å². The van der Waals surface area contributed by atoms with E-state index in [1.807, 2.05) is 0 Å². The lowest BCUT2D eigenvalue weighted by atomic mass is 9.40. The number of carbonyl (C=O) groups excluding carboxylic acids is 2. The third-order valence-electron chi connectivity index (χ3n) is 10.5. The topological polar surface area (TPSA) is 137 Å². The molecule has 1 aromatic carbocycles. The second kappa shape index (κ2) is 7.55. The summed E-state index contributed by atoms with van der Waals surface area (Å²) < 4.78 is 21.9. The number of carbonyl (C=O) groups is 2. The van der Waals surface area contributed by atoms with Gasteiger partial charge in [-0.2, -0.15) is 0 Å². The Bertz CT molecular complexity index is 1790. The number of hydrogen-bond donors (Lipinski definition) is 3. The first-order valence-electron chi connectivity index (χ1n) is 14.0. The van der Waals surface area contributed by atoms with Crippen LogP contribution in [0.2, 0.25) is 0 Å². The van der Waals surface area contributed by atoms with E-state index in [4.69, 9.17) is 15.5 Å². The predicted octanol–water partition coefficient (Wildman–Crippen LogP) is 2.37. The number of hydrogen-bond acceptors (Lipinski definition) is 7. The lowest BCUT2D eigenvalue weighted by molar-refractivity contribution is -0.174. The number of aryl methyl sites for hydroxylation is 1. The van der Waals surface area contributed by atoms with Crippen LogP contribution in [0, 0.1) is 24.1 Å². The first kappa shape index (κ1) is 24.2. The Balaban J connectivity index is 1.34. The molecule has 0 spiro atoms. The van der Waals surface area contributed by atoms with Gasteiger partial charge in [0.2, 0.25) is 5.91 Å². The van der Waals surface area contributed by atoms with Gasteiger partial charge in [0, 0.05) is 28.6 Å². The zero-order valence-electron chi connectivity index (χ0n) is 22.3. The SMILES string of the molecule is CC[C@@]1(O)C(=O)OCc2c1cc1n(c2=O)Cc2c-1nc1cc(F)c(C)c3c1c2[C@H](NC(=O)C12CC(C1)C2N)CC3. The summed E-state index contributed by atoms with van der Waals surface area (Å²) in [5.41, 5.74) is 8.42. The summed E-state index contributed by atoms with van der Waals surface area (Å²) in [6.45, 7) is 3.41. The Morgan fingerprint density at radius 3 is 2.73 bits per heavy atom. The average Bonchev–Trinajstić information content (AvgIpc) is 3.28. The van der Waals surface area contributed by atoms with Crippen molar-refractivity contribution in [2.75, 3.05) is 0 Å². The van der Waals surface area contributed by atoms with Crippen LogP contribution in [0.3, 0.4) is 0 Å². The van der Waals surface area contributed by atoms with E-state index in [0.717, 1.165) is 34.9 Å². The van der Waals surface area contributed by atoms with E-state index in [9.17, 15) is 19.5 Å². The van der Waals surface area contributed by atoms with Crippen LogP contribution in [-0.4, -0.2) is 32.6 Å². The van der Waals surface area contributed by atoms with Gasteiger partial charge in [-0.3, -0.25) is 9.59 Å². The van der Waals surface area contributed by atoms with E-state index >= 15 is 4.39 Å². The molecule has 1 amide bonds. The second-order valence-electron chi connectivity index (χ2n) is 12.2. The highest BCUT2D eigenvalue weighted by Gasteiger charge is 2.68. The van der Waals surface area contributed by atoms with Gasteiger partial charge in [0.25, 0.3) is 5.56 Å². The van der Waals surface area contributed by atoms with Gasteiger partial charge in [0.15, 0.2) is 5.60 Å². The van der Waals surface area contributed by atoms with Crippen molar-refractivity contribution in [3.05, 3.63) is 61.7 Å². The second-order valence-corrected chi connectivity index (χ2v) is 12.2. The van der Waals surface area contributed by atoms with E-state index in [-0.39, 0.29) is 60.1 Å². The molecule has 9 rings (SSSR count). The summed E-state index contributed by atoms with van der Waals surface area (Å²) >= 11 is 0. The number of aliphatic hydroxyl groups is 1. The summed E-state index contributed by atoms with van der Waals surface area (Å²) in [5, 5.41) is 15.3. The van der Waals surface area contributed by atoms with Gasteiger partial charge < -0.3 is 25.5 Å². The molecule has 2 bridgehead atoms. The van der Waals surface area contributed by atoms with Gasteiger partial charge in [0.1, 0.15) is 12.4 Å². The lowest BCUT2D eigenvalue weighted by Gasteiger charge is -2.65. The van der Waals surface area contributed by atoms with Crippen molar-refractivity contribution >= 4 is 22.8 Å². The van der Waals surface area contributed by atoms with Crippen molar-refractivity contribution < 1.29 is 23.8 Å². The van der Waals surface area contributed by atoms with Crippen LogP contribution in [0.25, 0.3) is 22.3 Å². The van der Waals surface area contributed by atoms with Crippen LogP contribution in [0.1, 0.15) is 72.0 Å². The molecule has 3 saturated carbocycles. The van der Waals surface area contributed by atoms with Crippen molar-refractivity contribution in [3.8, 4) is 11.4 Å². The molecule has 9 nitrogen and oxygen atoms in total. The van der Waals surface area contributed by atoms with Crippen LogP contribution >= 0.6 is 0 Å². The molecule has 6 aliphatic rings. The molecule has 2 aromatic heterocycles. The molecule has 1 unspecified atom stereocenters. The molecule has 3 atom stereocenters. The van der Waals surface area contributed by atoms with Crippen LogP contribution in [-0.2, 0) is 39.5 Å². The molecule has 2 aliphatic heterocycles. The molecule has 40 heavy (non-hydrogen) atoms. The fourth-order valence-corrected chi connectivity index (χ4v) is 7.87. The summed E-state index contributed by atoms with van der Waals surface area (Å²) in [6, 6.07) is 2.61. The Labute approximate surface area is 228 Å². The van der Waals surface area contributed by atoms with Crippen LogP contribution < -0.4 is 16.6 Å². The Morgan fingerprint density at radius 2 is 2.05 bits per heavy atom. The van der Waals surface area contributed by atoms with Gasteiger partial charge >= 0.3 is 5.97 Å². The highest BCUT2D eigenvalue weighted by atomic mass is 19.1. The normalized spacial score (nSPS) is 30.5. The molecule has 4 heterocycles. The quantitative estimate of drug-likeness (QED) is 0.337. The fraction of sp³-hybridized carbons (Fsp3) is 0.467. The van der Waals surface area contributed by atoms with Crippen molar-refractivity contribution in [1.29, 1.82) is 0 Å². The smallest absolute Gasteiger partial charge is 0.343 e. The maximum Gasteiger partial charge on any atom is 0.343 e. The lowest BCUT2D eigenvalue weighted by Crippen LogP contribution is -2.75. The minimum Gasteiger partial charge on any atom is -0.458 e. The highest BCUT2D eigenvalue weighted by molar-refractivity contribution is 5.94. The summed E-state index contributed by atoms with van der Waals surface area (Å²) in [6.07, 6.45) is 2.83. The Kier molecular flexibility index (Phi) is 4.57. The number of fused-ring (bicyclic) bond motifs is 5. The summed E-state index contributed by atoms with van der Waals surface area (Å²) in [4.78, 5) is 44.7. The number of cyclic esters (lactones) is 1. The average molecular weight is 545 g/mol. The number of esters is 1. The van der Waals surface area contributed by atoms with E-state index in [2.05, 4.69) is 5.32 Å². The number of pyridine rings is 2. The van der Waals surface area contributed by atoms with Gasteiger partial charge in [-0.25, -0.2) is 14.2 Å². The number of rotatable bonds is 3. The van der Waals surface area contributed by atoms with E-state index < -0.39 is 17.0 Å². The molecular formula is C30H29FN4O5. The molecule has 4 aliphatic carbocycles. The van der Waals surface area contributed by atoms with Gasteiger partial charge in [-0.05, 0) is 67.7 Å². The standard InChI is InChI=1S/C30H29FN4O5/c1-3-30(39)17-6-21-24-15(10-35(21)26(36)16(17)11-40-28(30)38)23-19(34-27(37)29-8-13(9-29)25(29)32)5-4-14-12(2)18(31)7-20(33-24)22(14)23/h6-7,13,19,25,39H,3-5,8-11,32H2,1-2H3,(H,34,37)/t13?,19-,25?,29?,30+/m1/s1. The molecule has 3 aromatic rings. The van der Waals surface area contributed by atoms with Crippen molar-refractivity contribution in [2.24, 2.45) is 17.1 Å². The molecule has 0 saturated heterocycles. The largest absolute Gasteiger partial charge is 0.458 e. The summed E-state index contributed by atoms with van der Waals surface area (Å²) in [5.74, 6) is -0.763. The van der Waals surface area contributed by atoms with Crippen molar-refractivity contribution in [2.45, 2.75) is 76.8 Å². The molecule has 10 heteroatoms. The third kappa shape index (κ3) is 2.69. The Hall–Kier alpha value is -3.63. The zero-order valence-corrected chi connectivity index (χ0v) is 22.3. The molecule has 3 fully saturated rings. The van der Waals surface area contributed by atoms with Gasteiger partial charge in [0.05, 0.1) is 40.5 Å². The molecule has 4 N–H and O–H groups in total. The van der Waals surface area contributed by atoms with Gasteiger partial charge in [-0.15, -0.1) is 0 Å². The molecule has 0 radical (unpaired) electrons. The number of aromatic nitrogens is 2. The number of benzene rings is 1. The van der Waals surface area contributed by atoms with Crippen LogP contribution in [0.15, 0.2) is 16.9 Å². The zero-order chi connectivity index (χ0) is 27.9. The molecule has 206 valence electrons. The van der Waals surface area contributed by atoms with Crippen LogP contribution in [0.4, 0.5) is 4.39 Å². The maximum absolute atomic E-state index is 15.1. The summed E-state index contributed by atoms with van der Waals surface area (Å²) in [7, 11) is 0. The number of nitrogens with two attached hydrogens (primary N) is 1. The Morgan fingerprint density at radius 1 is 1.27 bits per heavy atom. The van der Waals surface area contributed by atoms with Crippen molar-refractivity contribution in [1.82, 2.24) is 14.9 Å². The van der Waals surface area contributed by atoms with Crippen LogP contribution in [0.5, 0.6) is 0 Å². The minimum absolute atomic E-state index is 0.0394. The van der Waals surface area contributed by atoms with Crippen molar-refractivity contribution in [3.63, 3.8) is 0 Å². The number of halogens is 1. The number of ether oxygens (including phenoxy) is 1.